The Morgan fingerprint density at radius 1 is 1.11 bits per heavy atom. The Labute approximate surface area is 160 Å². The fourth-order valence-electron chi connectivity index (χ4n) is 3.80. The van der Waals surface area contributed by atoms with E-state index >= 15 is 0 Å². The predicted molar refractivity (Wildman–Crippen MR) is 106 cm³/mol. The van der Waals surface area contributed by atoms with E-state index in [0.717, 1.165) is 43.1 Å². The molecule has 27 heavy (non-hydrogen) atoms. The molecule has 3 aromatic rings. The molecule has 6 nitrogen and oxygen atoms in total. The molecule has 1 unspecified atom stereocenters. The molecule has 1 atom stereocenters. The van der Waals surface area contributed by atoms with Gasteiger partial charge in [0, 0.05) is 44.1 Å². The van der Waals surface area contributed by atoms with Gasteiger partial charge in [-0.05, 0) is 43.0 Å². The van der Waals surface area contributed by atoms with Crippen molar-refractivity contribution in [1.29, 1.82) is 0 Å². The average Bonchev–Trinajstić information content (AvgIpc) is 3.17. The van der Waals surface area contributed by atoms with Crippen LogP contribution >= 0.6 is 0 Å². The first-order valence-electron chi connectivity index (χ1n) is 9.62. The lowest BCUT2D eigenvalue weighted by Crippen LogP contribution is -2.36. The van der Waals surface area contributed by atoms with Crippen molar-refractivity contribution in [3.05, 3.63) is 66.1 Å². The summed E-state index contributed by atoms with van der Waals surface area (Å²) in [4.78, 5) is 6.97. The number of hydrogen-bond donors (Lipinski definition) is 1. The van der Waals surface area contributed by atoms with Gasteiger partial charge >= 0.3 is 0 Å². The van der Waals surface area contributed by atoms with E-state index in [1.165, 1.54) is 18.4 Å². The van der Waals surface area contributed by atoms with Gasteiger partial charge in [0.25, 0.3) is 0 Å². The van der Waals surface area contributed by atoms with Crippen LogP contribution in [-0.2, 0) is 19.6 Å². The number of benzene rings is 1. The van der Waals surface area contributed by atoms with Gasteiger partial charge in [0.2, 0.25) is 0 Å². The first-order valence-corrected chi connectivity index (χ1v) is 9.62. The van der Waals surface area contributed by atoms with Crippen LogP contribution in [0.5, 0.6) is 0 Å². The molecule has 0 aliphatic carbocycles. The zero-order chi connectivity index (χ0) is 18.5. The van der Waals surface area contributed by atoms with E-state index in [-0.39, 0.29) is 0 Å². The van der Waals surface area contributed by atoms with Gasteiger partial charge in [-0.3, -0.25) is 14.6 Å². The third-order valence-electron chi connectivity index (χ3n) is 5.16. The van der Waals surface area contributed by atoms with Crippen molar-refractivity contribution in [3.8, 4) is 11.3 Å². The lowest BCUT2D eigenvalue weighted by Gasteiger charge is -2.32. The lowest BCUT2D eigenvalue weighted by molar-refractivity contribution is 0.153. The number of pyridine rings is 1. The summed E-state index contributed by atoms with van der Waals surface area (Å²) in [6, 6.07) is 14.8. The Hall–Kier alpha value is -2.57. The van der Waals surface area contributed by atoms with E-state index in [1.807, 2.05) is 35.3 Å². The predicted octanol–water partition coefficient (Wildman–Crippen LogP) is 2.71. The molecular formula is C21H26N6. The van der Waals surface area contributed by atoms with Gasteiger partial charge < -0.3 is 5.73 Å². The number of nitrogens with two attached hydrogens (primary N) is 1. The van der Waals surface area contributed by atoms with E-state index in [4.69, 9.17) is 5.73 Å². The van der Waals surface area contributed by atoms with Crippen molar-refractivity contribution in [1.82, 2.24) is 24.9 Å². The van der Waals surface area contributed by atoms with Crippen molar-refractivity contribution < 1.29 is 0 Å². The molecule has 2 N–H and O–H groups in total. The van der Waals surface area contributed by atoms with Crippen LogP contribution in [0.1, 0.15) is 24.1 Å². The molecule has 0 spiro atoms. The van der Waals surface area contributed by atoms with E-state index < -0.39 is 0 Å². The number of likely N-dealkylation sites (tertiary alicyclic amines) is 1. The molecule has 0 amide bonds. The summed E-state index contributed by atoms with van der Waals surface area (Å²) in [6.07, 6.45) is 6.28. The van der Waals surface area contributed by atoms with Gasteiger partial charge in [0.1, 0.15) is 0 Å². The van der Waals surface area contributed by atoms with Crippen molar-refractivity contribution in [3.63, 3.8) is 0 Å². The van der Waals surface area contributed by atoms with Gasteiger partial charge in [-0.2, -0.15) is 0 Å². The van der Waals surface area contributed by atoms with E-state index in [0.29, 0.717) is 12.5 Å². The smallest absolute Gasteiger partial charge is 0.0962 e. The van der Waals surface area contributed by atoms with E-state index in [1.54, 1.807) is 0 Å². The molecule has 3 heterocycles. The third kappa shape index (κ3) is 4.59. The second kappa shape index (κ2) is 8.41. The highest BCUT2D eigenvalue weighted by molar-refractivity contribution is 5.58. The molecule has 2 aromatic heterocycles. The summed E-state index contributed by atoms with van der Waals surface area (Å²) < 4.78 is 1.94. The third-order valence-corrected chi connectivity index (χ3v) is 5.16. The van der Waals surface area contributed by atoms with Gasteiger partial charge in [-0.15, -0.1) is 5.10 Å². The first kappa shape index (κ1) is 17.8. The molecule has 1 fully saturated rings. The number of hydrogen-bond acceptors (Lipinski definition) is 5. The van der Waals surface area contributed by atoms with Crippen molar-refractivity contribution >= 4 is 0 Å². The maximum atomic E-state index is 5.62. The number of piperidine rings is 1. The highest BCUT2D eigenvalue weighted by Gasteiger charge is 2.21. The maximum Gasteiger partial charge on any atom is 0.0962 e. The van der Waals surface area contributed by atoms with Crippen molar-refractivity contribution in [2.75, 3.05) is 13.1 Å². The standard InChI is InChI=1S/C21H26N6/c22-12-20-16-27(25-24-20)15-18-4-3-11-26(14-18)13-17-6-8-19(9-7-17)21-5-1-2-10-23-21/h1-2,5-10,16,18H,3-4,11-15,22H2. The van der Waals surface area contributed by atoms with E-state index in [9.17, 15) is 0 Å². The van der Waals surface area contributed by atoms with Crippen molar-refractivity contribution in [2.24, 2.45) is 11.7 Å². The minimum Gasteiger partial charge on any atom is -0.325 e. The molecule has 1 aromatic carbocycles. The first-order chi connectivity index (χ1) is 13.3. The fourth-order valence-corrected chi connectivity index (χ4v) is 3.80. The molecule has 0 radical (unpaired) electrons. The molecule has 4 rings (SSSR count). The van der Waals surface area contributed by atoms with Gasteiger partial charge in [0.05, 0.1) is 11.4 Å². The van der Waals surface area contributed by atoms with Crippen LogP contribution in [0.25, 0.3) is 11.3 Å². The molecule has 6 heteroatoms. The Morgan fingerprint density at radius 2 is 2.00 bits per heavy atom. The normalized spacial score (nSPS) is 17.9. The van der Waals surface area contributed by atoms with Crippen LogP contribution in [-0.4, -0.2) is 38.0 Å². The molecule has 0 saturated carbocycles. The van der Waals surface area contributed by atoms with Gasteiger partial charge in [-0.1, -0.05) is 35.5 Å². The maximum absolute atomic E-state index is 5.62. The summed E-state index contributed by atoms with van der Waals surface area (Å²) in [6.45, 7) is 4.61. The molecule has 1 aliphatic rings. The van der Waals surface area contributed by atoms with E-state index in [2.05, 4.69) is 44.5 Å². The molecule has 1 saturated heterocycles. The number of nitrogens with zero attached hydrogens (tertiary/aromatic N) is 5. The minimum atomic E-state index is 0.450. The molecular weight excluding hydrogens is 336 g/mol. The average molecular weight is 362 g/mol. The van der Waals surface area contributed by atoms with Crippen LogP contribution in [0.15, 0.2) is 54.9 Å². The van der Waals surface area contributed by atoms with Gasteiger partial charge in [-0.25, -0.2) is 0 Å². The molecule has 0 bridgehead atoms. The summed E-state index contributed by atoms with van der Waals surface area (Å²) in [5.74, 6) is 0.610. The minimum absolute atomic E-state index is 0.450. The summed E-state index contributed by atoms with van der Waals surface area (Å²) >= 11 is 0. The van der Waals surface area contributed by atoms with Crippen LogP contribution in [0, 0.1) is 5.92 Å². The second-order valence-corrected chi connectivity index (χ2v) is 7.29. The second-order valence-electron chi connectivity index (χ2n) is 7.29. The SMILES string of the molecule is NCc1cn(CC2CCCN(Cc3ccc(-c4ccccn4)cc3)C2)nn1. The highest BCUT2D eigenvalue weighted by Crippen LogP contribution is 2.22. The largest absolute Gasteiger partial charge is 0.325 e. The zero-order valence-electron chi connectivity index (χ0n) is 15.5. The molecule has 140 valence electrons. The summed E-state index contributed by atoms with van der Waals surface area (Å²) in [5, 5.41) is 8.28. The lowest BCUT2D eigenvalue weighted by atomic mass is 9.97. The Bertz CT molecular complexity index is 843. The van der Waals surface area contributed by atoms with Crippen molar-refractivity contribution in [2.45, 2.75) is 32.5 Å². The van der Waals surface area contributed by atoms with Crippen LogP contribution in [0.4, 0.5) is 0 Å². The highest BCUT2D eigenvalue weighted by atomic mass is 15.4. The monoisotopic (exact) mass is 362 g/mol. The van der Waals surface area contributed by atoms with Crippen LogP contribution in [0.2, 0.25) is 0 Å². The van der Waals surface area contributed by atoms with Crippen LogP contribution in [0.3, 0.4) is 0 Å². The number of rotatable bonds is 6. The quantitative estimate of drug-likeness (QED) is 0.730. The summed E-state index contributed by atoms with van der Waals surface area (Å²) in [5.41, 5.74) is 10.0. The van der Waals surface area contributed by atoms with Gasteiger partial charge in [0.15, 0.2) is 0 Å². The van der Waals surface area contributed by atoms with Crippen LogP contribution < -0.4 is 5.73 Å². The summed E-state index contributed by atoms with van der Waals surface area (Å²) in [7, 11) is 0. The Morgan fingerprint density at radius 3 is 2.74 bits per heavy atom. The number of aromatic nitrogens is 4. The molecule has 1 aliphatic heterocycles. The zero-order valence-corrected chi connectivity index (χ0v) is 15.5. The Balaban J connectivity index is 1.35. The topological polar surface area (TPSA) is 72.9 Å². The fraction of sp³-hybridized carbons (Fsp3) is 0.381. The Kier molecular flexibility index (Phi) is 5.55.